The van der Waals surface area contributed by atoms with Gasteiger partial charge >= 0.3 is 6.18 Å². The first-order valence-corrected chi connectivity index (χ1v) is 9.57. The number of nitrogens with zero attached hydrogens (tertiary/aromatic N) is 3. The smallest absolute Gasteiger partial charge is 0.335 e. The Labute approximate surface area is 175 Å². The molecule has 0 aliphatic carbocycles. The van der Waals surface area contributed by atoms with Crippen molar-refractivity contribution in [3.8, 4) is 11.3 Å². The maximum Gasteiger partial charge on any atom is 0.416 e. The van der Waals surface area contributed by atoms with Crippen LogP contribution < -0.4 is 5.32 Å². The molecular formula is C22H19F3N4O2. The lowest BCUT2D eigenvalue weighted by molar-refractivity contribution is -0.137. The fourth-order valence-electron chi connectivity index (χ4n) is 3.70. The Morgan fingerprint density at radius 1 is 1.16 bits per heavy atom. The minimum atomic E-state index is -4.42. The summed E-state index contributed by atoms with van der Waals surface area (Å²) in [4.78, 5) is 25.1. The first-order chi connectivity index (χ1) is 14.7. The highest BCUT2D eigenvalue weighted by molar-refractivity contribution is 6.04. The largest absolute Gasteiger partial charge is 0.416 e. The first-order valence-electron chi connectivity index (χ1n) is 9.57. The topological polar surface area (TPSA) is 67.2 Å². The number of alkyl halides is 3. The number of halogens is 3. The number of likely N-dealkylation sites (tertiary alicyclic amines) is 1. The van der Waals surface area contributed by atoms with Gasteiger partial charge in [0.15, 0.2) is 0 Å². The van der Waals surface area contributed by atoms with Gasteiger partial charge in [-0.15, -0.1) is 0 Å². The van der Waals surface area contributed by atoms with E-state index in [1.165, 1.54) is 25.1 Å². The predicted octanol–water partition coefficient (Wildman–Crippen LogP) is 4.25. The highest BCUT2D eigenvalue weighted by atomic mass is 19.4. The van der Waals surface area contributed by atoms with Gasteiger partial charge in [-0.05, 0) is 24.3 Å². The molecule has 4 rings (SSSR count). The van der Waals surface area contributed by atoms with Gasteiger partial charge in [0.2, 0.25) is 11.8 Å². The standard InChI is InChI=1S/C22H19F3N4O2/c1-3-19(31)28-11-16(12-28)29-21-17(5-4-6-18(21)26-13(2)30)20(27-29)14-7-9-15(10-8-14)22(23,24)25/h3-10,16H,1,11-12H2,2H3,(H,26,30). The van der Waals surface area contributed by atoms with Gasteiger partial charge in [-0.1, -0.05) is 30.8 Å². The molecule has 2 amide bonds. The second kappa shape index (κ2) is 7.57. The van der Waals surface area contributed by atoms with E-state index in [-0.39, 0.29) is 17.9 Å². The summed E-state index contributed by atoms with van der Waals surface area (Å²) in [5.41, 5.74) is 1.49. The van der Waals surface area contributed by atoms with E-state index in [1.54, 1.807) is 21.7 Å². The summed E-state index contributed by atoms with van der Waals surface area (Å²) >= 11 is 0. The molecule has 6 nitrogen and oxygen atoms in total. The molecule has 0 spiro atoms. The molecular weight excluding hydrogens is 409 g/mol. The van der Waals surface area contributed by atoms with E-state index in [2.05, 4.69) is 17.0 Å². The van der Waals surface area contributed by atoms with Crippen molar-refractivity contribution < 1.29 is 22.8 Å². The summed E-state index contributed by atoms with van der Waals surface area (Å²) in [6.45, 7) is 5.72. The second-order valence-corrected chi connectivity index (χ2v) is 7.35. The molecule has 160 valence electrons. The van der Waals surface area contributed by atoms with E-state index in [1.807, 2.05) is 6.07 Å². The van der Waals surface area contributed by atoms with Gasteiger partial charge < -0.3 is 10.2 Å². The summed E-state index contributed by atoms with van der Waals surface area (Å²) in [5.74, 6) is -0.439. The summed E-state index contributed by atoms with van der Waals surface area (Å²) < 4.78 is 40.6. The van der Waals surface area contributed by atoms with Crippen LogP contribution >= 0.6 is 0 Å². The van der Waals surface area contributed by atoms with Gasteiger partial charge in [-0.2, -0.15) is 18.3 Å². The van der Waals surface area contributed by atoms with Gasteiger partial charge in [0.1, 0.15) is 5.69 Å². The van der Waals surface area contributed by atoms with Crippen molar-refractivity contribution in [2.75, 3.05) is 18.4 Å². The highest BCUT2D eigenvalue weighted by Crippen LogP contribution is 2.37. The second-order valence-electron chi connectivity index (χ2n) is 7.35. The van der Waals surface area contributed by atoms with Crippen molar-refractivity contribution >= 4 is 28.4 Å². The molecule has 0 atom stereocenters. The van der Waals surface area contributed by atoms with E-state index in [4.69, 9.17) is 0 Å². The molecule has 3 aromatic rings. The molecule has 1 N–H and O–H groups in total. The Morgan fingerprint density at radius 2 is 1.84 bits per heavy atom. The minimum Gasteiger partial charge on any atom is -0.335 e. The number of aromatic nitrogens is 2. The summed E-state index contributed by atoms with van der Waals surface area (Å²) in [6.07, 6.45) is -3.18. The van der Waals surface area contributed by atoms with Crippen molar-refractivity contribution in [3.63, 3.8) is 0 Å². The Balaban J connectivity index is 1.81. The third kappa shape index (κ3) is 3.78. The molecule has 0 unspecified atom stereocenters. The number of hydrogen-bond donors (Lipinski definition) is 1. The van der Waals surface area contributed by atoms with Crippen LogP contribution in [0.4, 0.5) is 18.9 Å². The van der Waals surface area contributed by atoms with E-state index >= 15 is 0 Å². The van der Waals surface area contributed by atoms with Gasteiger partial charge in [0, 0.05) is 31.0 Å². The van der Waals surface area contributed by atoms with Gasteiger partial charge in [-0.25, -0.2) is 0 Å². The number of fused-ring (bicyclic) bond motifs is 1. The molecule has 2 aromatic carbocycles. The quantitative estimate of drug-likeness (QED) is 0.632. The van der Waals surface area contributed by atoms with Crippen LogP contribution in [-0.2, 0) is 15.8 Å². The molecule has 0 radical (unpaired) electrons. The fourth-order valence-corrected chi connectivity index (χ4v) is 3.70. The number of nitrogens with one attached hydrogen (secondary N) is 1. The number of anilines is 1. The summed E-state index contributed by atoms with van der Waals surface area (Å²) in [7, 11) is 0. The van der Waals surface area contributed by atoms with Crippen LogP contribution in [0.1, 0.15) is 18.5 Å². The van der Waals surface area contributed by atoms with Crippen molar-refractivity contribution in [2.24, 2.45) is 0 Å². The van der Waals surface area contributed by atoms with Gasteiger partial charge in [0.05, 0.1) is 22.8 Å². The molecule has 31 heavy (non-hydrogen) atoms. The Hall–Kier alpha value is -3.62. The van der Waals surface area contributed by atoms with Crippen molar-refractivity contribution in [1.29, 1.82) is 0 Å². The lowest BCUT2D eigenvalue weighted by atomic mass is 10.0. The van der Waals surface area contributed by atoms with Crippen molar-refractivity contribution in [2.45, 2.75) is 19.1 Å². The average Bonchev–Trinajstić information content (AvgIpc) is 3.06. The zero-order chi connectivity index (χ0) is 22.3. The minimum absolute atomic E-state index is 0.135. The van der Waals surface area contributed by atoms with Crippen molar-refractivity contribution in [1.82, 2.24) is 14.7 Å². The van der Waals surface area contributed by atoms with Crippen LogP contribution in [0, 0.1) is 0 Å². The Bertz CT molecular complexity index is 1180. The first kappa shape index (κ1) is 20.6. The van der Waals surface area contributed by atoms with Crippen LogP contribution in [0.3, 0.4) is 0 Å². The fraction of sp³-hybridized carbons (Fsp3) is 0.227. The SMILES string of the molecule is C=CC(=O)N1CC(n2nc(-c3ccc(C(F)(F)F)cc3)c3cccc(NC(C)=O)c32)C1. The highest BCUT2D eigenvalue weighted by Gasteiger charge is 2.34. The molecule has 1 aliphatic heterocycles. The maximum atomic E-state index is 12.9. The van der Waals surface area contributed by atoms with Crippen LogP contribution in [0.2, 0.25) is 0 Å². The normalized spacial score (nSPS) is 14.4. The lowest BCUT2D eigenvalue weighted by Crippen LogP contribution is -2.50. The molecule has 1 saturated heterocycles. The number of carbonyl (C=O) groups is 2. The Kier molecular flexibility index (Phi) is 5.04. The molecule has 1 aromatic heterocycles. The monoisotopic (exact) mass is 428 g/mol. The molecule has 0 bridgehead atoms. The van der Waals surface area contributed by atoms with Crippen LogP contribution in [-0.4, -0.2) is 39.6 Å². The van der Waals surface area contributed by atoms with Crippen molar-refractivity contribution in [3.05, 3.63) is 60.7 Å². The number of para-hydroxylation sites is 1. The number of hydrogen-bond acceptors (Lipinski definition) is 3. The van der Waals surface area contributed by atoms with E-state index in [0.29, 0.717) is 40.9 Å². The van der Waals surface area contributed by atoms with Crippen LogP contribution in [0.25, 0.3) is 22.2 Å². The average molecular weight is 428 g/mol. The number of amides is 2. The molecule has 9 heteroatoms. The van der Waals surface area contributed by atoms with Gasteiger partial charge in [0.25, 0.3) is 0 Å². The lowest BCUT2D eigenvalue weighted by Gasteiger charge is -2.39. The van der Waals surface area contributed by atoms with E-state index in [9.17, 15) is 22.8 Å². The predicted molar refractivity (Wildman–Crippen MR) is 110 cm³/mol. The molecule has 1 aliphatic rings. The Morgan fingerprint density at radius 3 is 2.42 bits per heavy atom. The van der Waals surface area contributed by atoms with E-state index < -0.39 is 11.7 Å². The third-order valence-electron chi connectivity index (χ3n) is 5.22. The van der Waals surface area contributed by atoms with Gasteiger partial charge in [-0.3, -0.25) is 14.3 Å². The summed E-state index contributed by atoms with van der Waals surface area (Å²) in [5, 5.41) is 8.16. The molecule has 0 saturated carbocycles. The zero-order valence-electron chi connectivity index (χ0n) is 16.6. The summed E-state index contributed by atoms with van der Waals surface area (Å²) in [6, 6.07) is 9.97. The van der Waals surface area contributed by atoms with Crippen LogP contribution in [0.15, 0.2) is 55.1 Å². The van der Waals surface area contributed by atoms with E-state index in [0.717, 1.165) is 12.1 Å². The maximum absolute atomic E-state index is 12.9. The number of benzene rings is 2. The molecule has 1 fully saturated rings. The molecule has 2 heterocycles. The number of carbonyl (C=O) groups excluding carboxylic acids is 2. The third-order valence-corrected chi connectivity index (χ3v) is 5.22. The van der Waals surface area contributed by atoms with Crippen LogP contribution in [0.5, 0.6) is 0 Å². The number of rotatable bonds is 4. The zero-order valence-corrected chi connectivity index (χ0v) is 16.6.